The maximum Gasteiger partial charge on any atom is 0.0469 e. The Hall–Kier alpha value is -0.120. The zero-order valence-electron chi connectivity index (χ0n) is 11.0. The van der Waals surface area contributed by atoms with E-state index in [4.69, 9.17) is 4.74 Å². The molecule has 3 rings (SSSR count). The van der Waals surface area contributed by atoms with Crippen molar-refractivity contribution in [3.8, 4) is 0 Å². The number of ether oxygens (including phenoxy) is 1. The third kappa shape index (κ3) is 3.01. The van der Waals surface area contributed by atoms with Gasteiger partial charge in [0.25, 0.3) is 0 Å². The molecule has 17 heavy (non-hydrogen) atoms. The maximum atomic E-state index is 5.41. The van der Waals surface area contributed by atoms with Gasteiger partial charge in [0.15, 0.2) is 0 Å². The molecule has 3 nitrogen and oxygen atoms in total. The Morgan fingerprint density at radius 1 is 1.18 bits per heavy atom. The zero-order chi connectivity index (χ0) is 11.7. The van der Waals surface area contributed by atoms with Crippen LogP contribution in [0.15, 0.2) is 0 Å². The number of nitrogens with zero attached hydrogens (tertiary/aromatic N) is 1. The van der Waals surface area contributed by atoms with Crippen molar-refractivity contribution < 1.29 is 4.74 Å². The summed E-state index contributed by atoms with van der Waals surface area (Å²) >= 11 is 0. The van der Waals surface area contributed by atoms with Crippen LogP contribution in [0.4, 0.5) is 0 Å². The van der Waals surface area contributed by atoms with Crippen molar-refractivity contribution in [1.82, 2.24) is 10.2 Å². The lowest BCUT2D eigenvalue weighted by atomic mass is 10.00. The van der Waals surface area contributed by atoms with Crippen LogP contribution in [0.2, 0.25) is 0 Å². The molecule has 3 fully saturated rings. The number of hydrogen-bond donors (Lipinski definition) is 1. The predicted molar refractivity (Wildman–Crippen MR) is 69.1 cm³/mol. The average Bonchev–Trinajstić information content (AvgIpc) is 3.12. The Balaban J connectivity index is 1.40. The van der Waals surface area contributed by atoms with E-state index in [1.807, 2.05) is 0 Å². The van der Waals surface area contributed by atoms with E-state index in [0.29, 0.717) is 0 Å². The summed E-state index contributed by atoms with van der Waals surface area (Å²) in [5, 5.41) is 3.80. The second kappa shape index (κ2) is 5.25. The molecule has 0 aromatic rings. The maximum absolute atomic E-state index is 5.41. The summed E-state index contributed by atoms with van der Waals surface area (Å²) in [7, 11) is 0. The fourth-order valence-electron chi connectivity index (χ4n) is 3.40. The van der Waals surface area contributed by atoms with Crippen molar-refractivity contribution in [1.29, 1.82) is 0 Å². The molecule has 0 bridgehead atoms. The van der Waals surface area contributed by atoms with Crippen LogP contribution in [-0.4, -0.2) is 49.3 Å². The monoisotopic (exact) mass is 238 g/mol. The molecule has 1 saturated carbocycles. The first-order valence-corrected chi connectivity index (χ1v) is 7.40. The Morgan fingerprint density at radius 3 is 2.65 bits per heavy atom. The van der Waals surface area contributed by atoms with Crippen molar-refractivity contribution in [2.45, 2.75) is 57.2 Å². The van der Waals surface area contributed by atoms with Crippen molar-refractivity contribution in [2.24, 2.45) is 5.92 Å². The van der Waals surface area contributed by atoms with Gasteiger partial charge in [-0.1, -0.05) is 0 Å². The third-order valence-electron chi connectivity index (χ3n) is 4.67. The van der Waals surface area contributed by atoms with Crippen LogP contribution < -0.4 is 5.32 Å². The molecule has 2 heterocycles. The van der Waals surface area contributed by atoms with E-state index in [-0.39, 0.29) is 0 Å². The van der Waals surface area contributed by atoms with E-state index in [2.05, 4.69) is 17.1 Å². The molecule has 1 aliphatic carbocycles. The van der Waals surface area contributed by atoms with Crippen LogP contribution in [-0.2, 0) is 4.74 Å². The van der Waals surface area contributed by atoms with Crippen LogP contribution >= 0.6 is 0 Å². The largest absolute Gasteiger partial charge is 0.381 e. The summed E-state index contributed by atoms with van der Waals surface area (Å²) in [5.74, 6) is 0.856. The van der Waals surface area contributed by atoms with Gasteiger partial charge < -0.3 is 10.1 Å². The smallest absolute Gasteiger partial charge is 0.0469 e. The highest BCUT2D eigenvalue weighted by atomic mass is 16.5. The van der Waals surface area contributed by atoms with Crippen LogP contribution in [0.25, 0.3) is 0 Å². The molecule has 0 radical (unpaired) electrons. The third-order valence-corrected chi connectivity index (χ3v) is 4.67. The minimum Gasteiger partial charge on any atom is -0.381 e. The number of hydrogen-bond acceptors (Lipinski definition) is 3. The lowest BCUT2D eigenvalue weighted by Crippen LogP contribution is -2.37. The minimum atomic E-state index is 0.744. The molecule has 0 amide bonds. The van der Waals surface area contributed by atoms with E-state index < -0.39 is 0 Å². The average molecular weight is 238 g/mol. The first kappa shape index (κ1) is 11.9. The summed E-state index contributed by atoms with van der Waals surface area (Å²) in [6.07, 6.45) is 6.73. The lowest BCUT2D eigenvalue weighted by Gasteiger charge is -2.24. The van der Waals surface area contributed by atoms with Crippen LogP contribution in [0.5, 0.6) is 0 Å². The highest BCUT2D eigenvalue weighted by molar-refractivity contribution is 4.96. The van der Waals surface area contributed by atoms with Crippen LogP contribution in [0.1, 0.15) is 39.0 Å². The summed E-state index contributed by atoms with van der Waals surface area (Å²) in [4.78, 5) is 2.72. The standard InChI is InChI=1S/C14H26N2O/c1-11-8-13(10-16(11)14-2-3-14)15-9-12-4-6-17-7-5-12/h11-15H,2-10H2,1H3. The number of likely N-dealkylation sites (tertiary alicyclic amines) is 1. The van der Waals surface area contributed by atoms with Gasteiger partial charge in [0.2, 0.25) is 0 Å². The van der Waals surface area contributed by atoms with E-state index >= 15 is 0 Å². The summed E-state index contributed by atoms with van der Waals surface area (Å²) in [5.41, 5.74) is 0. The highest BCUT2D eigenvalue weighted by Gasteiger charge is 2.38. The summed E-state index contributed by atoms with van der Waals surface area (Å²) < 4.78 is 5.41. The normalized spacial score (nSPS) is 36.5. The van der Waals surface area contributed by atoms with E-state index in [9.17, 15) is 0 Å². The fraction of sp³-hybridized carbons (Fsp3) is 1.00. The van der Waals surface area contributed by atoms with Gasteiger partial charge in [-0.25, -0.2) is 0 Å². The second-order valence-electron chi connectivity index (χ2n) is 6.17. The summed E-state index contributed by atoms with van der Waals surface area (Å²) in [6.45, 7) is 6.84. The SMILES string of the molecule is CC1CC(NCC2CCOCC2)CN1C1CC1. The molecule has 2 unspecified atom stereocenters. The first-order valence-electron chi connectivity index (χ1n) is 7.40. The molecule has 2 aliphatic heterocycles. The predicted octanol–water partition coefficient (Wildman–Crippen LogP) is 1.63. The molecular weight excluding hydrogens is 212 g/mol. The first-order chi connectivity index (χ1) is 8.33. The molecule has 2 saturated heterocycles. The molecule has 3 heteroatoms. The van der Waals surface area contributed by atoms with E-state index in [1.165, 1.54) is 45.2 Å². The molecule has 0 spiro atoms. The van der Waals surface area contributed by atoms with Gasteiger partial charge in [-0.15, -0.1) is 0 Å². The van der Waals surface area contributed by atoms with Gasteiger partial charge in [0.1, 0.15) is 0 Å². The van der Waals surface area contributed by atoms with Crippen molar-refractivity contribution in [3.63, 3.8) is 0 Å². The van der Waals surface area contributed by atoms with E-state index in [0.717, 1.165) is 37.3 Å². The van der Waals surface area contributed by atoms with Crippen LogP contribution in [0, 0.1) is 5.92 Å². The Bertz CT molecular complexity index is 249. The van der Waals surface area contributed by atoms with Gasteiger partial charge >= 0.3 is 0 Å². The molecule has 1 N–H and O–H groups in total. The Morgan fingerprint density at radius 2 is 1.94 bits per heavy atom. The minimum absolute atomic E-state index is 0.744. The van der Waals surface area contributed by atoms with Gasteiger partial charge in [-0.3, -0.25) is 4.90 Å². The van der Waals surface area contributed by atoms with Gasteiger partial charge in [-0.05, 0) is 51.5 Å². The van der Waals surface area contributed by atoms with Crippen molar-refractivity contribution in [3.05, 3.63) is 0 Å². The quantitative estimate of drug-likeness (QED) is 0.805. The molecule has 3 aliphatic rings. The molecule has 98 valence electrons. The van der Waals surface area contributed by atoms with Gasteiger partial charge in [0.05, 0.1) is 0 Å². The molecule has 0 aromatic heterocycles. The number of rotatable bonds is 4. The van der Waals surface area contributed by atoms with Crippen molar-refractivity contribution in [2.75, 3.05) is 26.3 Å². The second-order valence-corrected chi connectivity index (χ2v) is 6.17. The van der Waals surface area contributed by atoms with Gasteiger partial charge in [-0.2, -0.15) is 0 Å². The Labute approximate surface area is 105 Å². The van der Waals surface area contributed by atoms with Crippen molar-refractivity contribution >= 4 is 0 Å². The lowest BCUT2D eigenvalue weighted by molar-refractivity contribution is 0.0655. The molecule has 0 aromatic carbocycles. The fourth-order valence-corrected chi connectivity index (χ4v) is 3.40. The van der Waals surface area contributed by atoms with E-state index in [1.54, 1.807) is 0 Å². The molecular formula is C14H26N2O. The van der Waals surface area contributed by atoms with Crippen LogP contribution in [0.3, 0.4) is 0 Å². The molecule has 2 atom stereocenters. The Kier molecular flexibility index (Phi) is 3.69. The zero-order valence-corrected chi connectivity index (χ0v) is 11.0. The highest BCUT2D eigenvalue weighted by Crippen LogP contribution is 2.33. The topological polar surface area (TPSA) is 24.5 Å². The number of nitrogens with one attached hydrogen (secondary N) is 1. The van der Waals surface area contributed by atoms with Gasteiger partial charge in [0, 0.05) is 37.9 Å². The summed E-state index contributed by atoms with van der Waals surface area (Å²) in [6, 6.07) is 2.48.